The minimum absolute atomic E-state index is 0. The first-order valence-corrected chi connectivity index (χ1v) is 7.57. The fraction of sp³-hybridized carbons (Fsp3) is 0.933. The summed E-state index contributed by atoms with van der Waals surface area (Å²) in [6, 6.07) is 0. The molecule has 1 spiro atoms. The van der Waals surface area contributed by atoms with E-state index in [2.05, 4.69) is 19.2 Å². The Balaban J connectivity index is 0.00000200. The maximum Gasteiger partial charge on any atom is 0.226 e. The third kappa shape index (κ3) is 4.09. The van der Waals surface area contributed by atoms with Gasteiger partial charge in [-0.3, -0.25) is 4.79 Å². The molecular weight excluding hydrogens is 276 g/mol. The molecule has 1 atom stereocenters. The standard InChI is InChI=1S/C15H28N2O2.ClH/c1-12(2)11-17(8-9-19-3)14(18)13-10-15(13)4-6-16-7-5-15;/h12-13,16H,4-11H2,1-3H3;1H. The Kier molecular flexibility index (Phi) is 6.76. The van der Waals surface area contributed by atoms with Crippen LogP contribution in [0.3, 0.4) is 0 Å². The molecule has 118 valence electrons. The zero-order chi connectivity index (χ0) is 13.9. The van der Waals surface area contributed by atoms with E-state index in [1.54, 1.807) is 7.11 Å². The number of nitrogens with zero attached hydrogens (tertiary/aromatic N) is 1. The van der Waals surface area contributed by atoms with Crippen LogP contribution in [0.15, 0.2) is 0 Å². The van der Waals surface area contributed by atoms with Gasteiger partial charge in [-0.1, -0.05) is 13.8 Å². The highest BCUT2D eigenvalue weighted by Gasteiger charge is 2.58. The monoisotopic (exact) mass is 304 g/mol. The summed E-state index contributed by atoms with van der Waals surface area (Å²) in [5, 5.41) is 3.39. The van der Waals surface area contributed by atoms with E-state index in [9.17, 15) is 4.79 Å². The highest BCUT2D eigenvalue weighted by molar-refractivity contribution is 5.85. The first kappa shape index (κ1) is 17.7. The zero-order valence-corrected chi connectivity index (χ0v) is 13.8. The second-order valence-electron chi connectivity index (χ2n) is 6.54. The molecule has 1 aliphatic heterocycles. The van der Waals surface area contributed by atoms with Gasteiger partial charge in [0.2, 0.25) is 5.91 Å². The summed E-state index contributed by atoms with van der Waals surface area (Å²) in [4.78, 5) is 14.7. The van der Waals surface area contributed by atoms with E-state index in [1.807, 2.05) is 4.90 Å². The maximum absolute atomic E-state index is 12.7. The van der Waals surface area contributed by atoms with Crippen molar-refractivity contribution in [2.24, 2.45) is 17.3 Å². The normalized spacial score (nSPS) is 23.5. The van der Waals surface area contributed by atoms with E-state index in [1.165, 1.54) is 12.8 Å². The van der Waals surface area contributed by atoms with Gasteiger partial charge in [-0.15, -0.1) is 12.4 Å². The second kappa shape index (κ2) is 7.62. The molecule has 0 bridgehead atoms. The number of methoxy groups -OCH3 is 1. The Morgan fingerprint density at radius 1 is 1.40 bits per heavy atom. The van der Waals surface area contributed by atoms with Crippen molar-refractivity contribution in [2.75, 3.05) is 39.9 Å². The SMILES string of the molecule is COCCN(CC(C)C)C(=O)C1CC12CCNCC2.Cl. The number of carbonyl (C=O) groups excluding carboxylic acids is 1. The van der Waals surface area contributed by atoms with Gasteiger partial charge in [0.15, 0.2) is 0 Å². The lowest BCUT2D eigenvalue weighted by atomic mass is 9.91. The van der Waals surface area contributed by atoms with E-state index >= 15 is 0 Å². The van der Waals surface area contributed by atoms with E-state index in [4.69, 9.17) is 4.74 Å². The molecule has 1 unspecified atom stereocenters. The molecule has 2 fully saturated rings. The molecule has 4 nitrogen and oxygen atoms in total. The van der Waals surface area contributed by atoms with Crippen LogP contribution in [0.4, 0.5) is 0 Å². The third-order valence-electron chi connectivity index (χ3n) is 4.55. The quantitative estimate of drug-likeness (QED) is 0.815. The van der Waals surface area contributed by atoms with Gasteiger partial charge in [0, 0.05) is 26.1 Å². The molecule has 0 radical (unpaired) electrons. The van der Waals surface area contributed by atoms with Crippen LogP contribution in [0.1, 0.15) is 33.1 Å². The number of ether oxygens (including phenoxy) is 1. The summed E-state index contributed by atoms with van der Waals surface area (Å²) in [6.07, 6.45) is 3.45. The number of amides is 1. The Morgan fingerprint density at radius 3 is 2.60 bits per heavy atom. The van der Waals surface area contributed by atoms with Gasteiger partial charge in [-0.2, -0.15) is 0 Å². The molecule has 1 heterocycles. The van der Waals surface area contributed by atoms with Crippen molar-refractivity contribution in [2.45, 2.75) is 33.1 Å². The van der Waals surface area contributed by atoms with Crippen molar-refractivity contribution in [3.63, 3.8) is 0 Å². The van der Waals surface area contributed by atoms with Crippen molar-refractivity contribution in [3.05, 3.63) is 0 Å². The molecule has 1 saturated carbocycles. The van der Waals surface area contributed by atoms with Crippen molar-refractivity contribution < 1.29 is 9.53 Å². The summed E-state index contributed by atoms with van der Waals surface area (Å²) in [7, 11) is 1.70. The lowest BCUT2D eigenvalue weighted by molar-refractivity contribution is -0.134. The largest absolute Gasteiger partial charge is 0.383 e. The van der Waals surface area contributed by atoms with Crippen molar-refractivity contribution >= 4 is 18.3 Å². The zero-order valence-electron chi connectivity index (χ0n) is 13.0. The Hall–Kier alpha value is -0.320. The number of rotatable bonds is 6. The summed E-state index contributed by atoms with van der Waals surface area (Å²) >= 11 is 0. The summed E-state index contributed by atoms with van der Waals surface area (Å²) < 4.78 is 5.14. The third-order valence-corrected chi connectivity index (χ3v) is 4.55. The van der Waals surface area contributed by atoms with Crippen LogP contribution in [0.25, 0.3) is 0 Å². The van der Waals surface area contributed by atoms with Crippen LogP contribution >= 0.6 is 12.4 Å². The van der Waals surface area contributed by atoms with Crippen LogP contribution in [0, 0.1) is 17.3 Å². The molecule has 0 aromatic carbocycles. The van der Waals surface area contributed by atoms with Crippen LogP contribution in [0.2, 0.25) is 0 Å². The van der Waals surface area contributed by atoms with Crippen LogP contribution in [0.5, 0.6) is 0 Å². The number of carbonyl (C=O) groups is 1. The molecule has 1 aliphatic carbocycles. The van der Waals surface area contributed by atoms with Crippen LogP contribution in [-0.4, -0.2) is 50.7 Å². The number of hydrogen-bond acceptors (Lipinski definition) is 3. The van der Waals surface area contributed by atoms with Gasteiger partial charge in [0.05, 0.1) is 6.61 Å². The van der Waals surface area contributed by atoms with Crippen molar-refractivity contribution in [1.29, 1.82) is 0 Å². The molecular formula is C15H29ClN2O2. The minimum atomic E-state index is 0. The fourth-order valence-electron chi connectivity index (χ4n) is 3.33. The fourth-order valence-corrected chi connectivity index (χ4v) is 3.33. The lowest BCUT2D eigenvalue weighted by Crippen LogP contribution is -2.40. The average Bonchev–Trinajstić information content (AvgIpc) is 3.07. The Labute approximate surface area is 129 Å². The topological polar surface area (TPSA) is 41.6 Å². The van der Waals surface area contributed by atoms with Crippen molar-refractivity contribution in [1.82, 2.24) is 10.2 Å². The van der Waals surface area contributed by atoms with E-state index in [0.29, 0.717) is 23.8 Å². The van der Waals surface area contributed by atoms with Gasteiger partial charge in [-0.25, -0.2) is 0 Å². The highest BCUT2D eigenvalue weighted by Crippen LogP contribution is 2.59. The van der Waals surface area contributed by atoms with Crippen LogP contribution in [-0.2, 0) is 9.53 Å². The summed E-state index contributed by atoms with van der Waals surface area (Å²) in [5.41, 5.74) is 0.338. The Bertz CT molecular complexity index is 317. The van der Waals surface area contributed by atoms with Gasteiger partial charge in [0.1, 0.15) is 0 Å². The van der Waals surface area contributed by atoms with Gasteiger partial charge < -0.3 is 15.0 Å². The molecule has 1 amide bonds. The Morgan fingerprint density at radius 2 is 2.05 bits per heavy atom. The summed E-state index contributed by atoms with van der Waals surface area (Å²) in [6.45, 7) is 8.71. The predicted octanol–water partition coefficient (Wildman–Crippen LogP) is 1.93. The predicted molar refractivity (Wildman–Crippen MR) is 83.2 cm³/mol. The first-order chi connectivity index (χ1) is 9.09. The number of nitrogens with one attached hydrogen (secondary N) is 1. The van der Waals surface area contributed by atoms with Crippen LogP contribution < -0.4 is 5.32 Å². The summed E-state index contributed by atoms with van der Waals surface area (Å²) in [5.74, 6) is 1.17. The number of hydrogen-bond donors (Lipinski definition) is 1. The molecule has 2 aliphatic rings. The maximum atomic E-state index is 12.7. The average molecular weight is 305 g/mol. The second-order valence-corrected chi connectivity index (χ2v) is 6.54. The molecule has 5 heteroatoms. The number of piperidine rings is 1. The van der Waals surface area contributed by atoms with Gasteiger partial charge in [-0.05, 0) is 43.7 Å². The molecule has 1 N–H and O–H groups in total. The van der Waals surface area contributed by atoms with E-state index < -0.39 is 0 Å². The lowest BCUT2D eigenvalue weighted by Gasteiger charge is -2.28. The molecule has 1 saturated heterocycles. The minimum Gasteiger partial charge on any atom is -0.383 e. The van der Waals surface area contributed by atoms with Gasteiger partial charge in [0.25, 0.3) is 0 Å². The molecule has 0 aromatic rings. The van der Waals surface area contributed by atoms with Gasteiger partial charge >= 0.3 is 0 Å². The number of halogens is 1. The highest BCUT2D eigenvalue weighted by atomic mass is 35.5. The first-order valence-electron chi connectivity index (χ1n) is 7.57. The van der Waals surface area contributed by atoms with E-state index in [-0.39, 0.29) is 18.3 Å². The van der Waals surface area contributed by atoms with E-state index in [0.717, 1.165) is 32.6 Å². The smallest absolute Gasteiger partial charge is 0.226 e. The molecule has 2 rings (SSSR count). The van der Waals surface area contributed by atoms with Crippen molar-refractivity contribution in [3.8, 4) is 0 Å². The molecule has 20 heavy (non-hydrogen) atoms. The molecule has 0 aromatic heterocycles.